The van der Waals surface area contributed by atoms with Crippen LogP contribution in [0.2, 0.25) is 0 Å². The molecule has 0 bridgehead atoms. The summed E-state index contributed by atoms with van der Waals surface area (Å²) in [6.45, 7) is 5.15. The van der Waals surface area contributed by atoms with Gasteiger partial charge in [0.15, 0.2) is 0 Å². The lowest BCUT2D eigenvalue weighted by Gasteiger charge is -2.33. The number of rotatable bonds is 5. The number of carbonyl (C=O) groups excluding carboxylic acids is 1. The second-order valence-electron chi connectivity index (χ2n) is 4.51. The third kappa shape index (κ3) is 3.65. The summed E-state index contributed by atoms with van der Waals surface area (Å²) in [5.41, 5.74) is 6.32. The van der Waals surface area contributed by atoms with Crippen LogP contribution in [0.25, 0.3) is 0 Å². The van der Waals surface area contributed by atoms with Gasteiger partial charge in [-0.2, -0.15) is 0 Å². The van der Waals surface area contributed by atoms with Gasteiger partial charge in [0, 0.05) is 19.6 Å². The van der Waals surface area contributed by atoms with Crippen LogP contribution in [0.3, 0.4) is 0 Å². The smallest absolute Gasteiger partial charge is 0.237 e. The monoisotopic (exact) mass is 264 g/mol. The molecule has 1 aliphatic rings. The van der Waals surface area contributed by atoms with Crippen LogP contribution in [-0.2, 0) is 16.1 Å². The number of nitrogens with two attached hydrogens (primary N) is 1. The maximum atomic E-state index is 11.4. The van der Waals surface area contributed by atoms with E-state index < -0.39 is 0 Å². The van der Waals surface area contributed by atoms with E-state index in [1.807, 2.05) is 30.0 Å². The average molecular weight is 264 g/mol. The van der Waals surface area contributed by atoms with Gasteiger partial charge in [0.05, 0.1) is 18.9 Å². The van der Waals surface area contributed by atoms with Gasteiger partial charge in [-0.05, 0) is 19.1 Å². The third-order valence-corrected chi connectivity index (χ3v) is 3.10. The molecule has 104 valence electrons. The lowest BCUT2D eigenvalue weighted by molar-refractivity contribution is -0.129. The summed E-state index contributed by atoms with van der Waals surface area (Å²) < 4.78 is 5.30. The predicted molar refractivity (Wildman–Crippen MR) is 72.6 cm³/mol. The molecule has 6 nitrogen and oxygen atoms in total. The first kappa shape index (κ1) is 13.8. The second kappa shape index (κ2) is 6.49. The van der Waals surface area contributed by atoms with Crippen molar-refractivity contribution < 1.29 is 9.53 Å². The van der Waals surface area contributed by atoms with Crippen LogP contribution in [0.1, 0.15) is 12.6 Å². The molecule has 3 N–H and O–H groups in total. The number of amides is 1. The number of nitrogens with zero attached hydrogens (tertiary/aromatic N) is 2. The Morgan fingerprint density at radius 2 is 2.47 bits per heavy atom. The molecule has 0 radical (unpaired) electrons. The Kier molecular flexibility index (Phi) is 4.70. The number of hydrogen-bond acceptors (Lipinski definition) is 5. The van der Waals surface area contributed by atoms with Crippen LogP contribution in [0.5, 0.6) is 0 Å². The number of carbonyl (C=O) groups is 1. The molecule has 0 aromatic carbocycles. The van der Waals surface area contributed by atoms with Crippen molar-refractivity contribution in [2.45, 2.75) is 19.5 Å². The Balaban J connectivity index is 2.06. The lowest BCUT2D eigenvalue weighted by Crippen LogP contribution is -2.51. The number of morpholine rings is 1. The minimum Gasteiger partial charge on any atom is -0.378 e. The topological polar surface area (TPSA) is 80.5 Å². The lowest BCUT2D eigenvalue weighted by atomic mass is 10.2. The molecule has 1 aromatic rings. The van der Waals surface area contributed by atoms with E-state index in [9.17, 15) is 4.79 Å². The van der Waals surface area contributed by atoms with Crippen molar-refractivity contribution in [3.05, 3.63) is 23.9 Å². The fourth-order valence-corrected chi connectivity index (χ4v) is 2.14. The highest BCUT2D eigenvalue weighted by Crippen LogP contribution is 2.12. The van der Waals surface area contributed by atoms with Crippen molar-refractivity contribution in [1.29, 1.82) is 0 Å². The van der Waals surface area contributed by atoms with Crippen molar-refractivity contribution in [2.75, 3.05) is 31.6 Å². The van der Waals surface area contributed by atoms with Crippen molar-refractivity contribution in [2.24, 2.45) is 5.73 Å². The number of aromatic nitrogens is 1. The summed E-state index contributed by atoms with van der Waals surface area (Å²) >= 11 is 0. The van der Waals surface area contributed by atoms with Crippen molar-refractivity contribution in [3.8, 4) is 0 Å². The maximum Gasteiger partial charge on any atom is 0.237 e. The zero-order chi connectivity index (χ0) is 13.7. The van der Waals surface area contributed by atoms with Crippen LogP contribution >= 0.6 is 0 Å². The Hall–Kier alpha value is -1.66. The third-order valence-electron chi connectivity index (χ3n) is 3.10. The molecule has 19 heavy (non-hydrogen) atoms. The first-order valence-electron chi connectivity index (χ1n) is 6.51. The highest BCUT2D eigenvalue weighted by Gasteiger charge is 2.27. The summed E-state index contributed by atoms with van der Waals surface area (Å²) in [4.78, 5) is 17.9. The Bertz CT molecular complexity index is 438. The molecule has 1 atom stereocenters. The molecule has 1 saturated heterocycles. The van der Waals surface area contributed by atoms with E-state index in [1.165, 1.54) is 0 Å². The predicted octanol–water partition coefficient (Wildman–Crippen LogP) is 0.200. The molecule has 0 spiro atoms. The van der Waals surface area contributed by atoms with Crippen LogP contribution < -0.4 is 11.1 Å². The number of hydrogen-bond donors (Lipinski definition) is 2. The van der Waals surface area contributed by atoms with E-state index in [-0.39, 0.29) is 11.9 Å². The Morgan fingerprint density at radius 3 is 3.21 bits per heavy atom. The maximum absolute atomic E-state index is 11.4. The van der Waals surface area contributed by atoms with E-state index >= 15 is 0 Å². The molecule has 1 aromatic heterocycles. The quantitative estimate of drug-likeness (QED) is 0.794. The van der Waals surface area contributed by atoms with Crippen molar-refractivity contribution in [1.82, 2.24) is 9.88 Å². The highest BCUT2D eigenvalue weighted by molar-refractivity contribution is 5.80. The molecular weight excluding hydrogens is 244 g/mol. The van der Waals surface area contributed by atoms with E-state index in [0.717, 1.165) is 18.1 Å². The summed E-state index contributed by atoms with van der Waals surface area (Å²) in [6.07, 6.45) is 0. The van der Waals surface area contributed by atoms with Gasteiger partial charge in [0.1, 0.15) is 11.9 Å². The van der Waals surface area contributed by atoms with Gasteiger partial charge in [0.25, 0.3) is 0 Å². The van der Waals surface area contributed by atoms with E-state index in [2.05, 4.69) is 10.3 Å². The summed E-state index contributed by atoms with van der Waals surface area (Å²) in [6, 6.07) is 5.48. The van der Waals surface area contributed by atoms with Crippen LogP contribution in [0.4, 0.5) is 5.82 Å². The van der Waals surface area contributed by atoms with Crippen LogP contribution in [0, 0.1) is 0 Å². The molecule has 0 aliphatic carbocycles. The van der Waals surface area contributed by atoms with Crippen molar-refractivity contribution >= 4 is 11.7 Å². The molecule has 6 heteroatoms. The Morgan fingerprint density at radius 1 is 1.63 bits per heavy atom. The number of primary amides is 1. The molecular formula is C13H20N4O2. The molecule has 1 amide bonds. The molecule has 0 saturated carbocycles. The largest absolute Gasteiger partial charge is 0.378 e. The Labute approximate surface area is 112 Å². The fourth-order valence-electron chi connectivity index (χ4n) is 2.14. The minimum atomic E-state index is -0.363. The first-order chi connectivity index (χ1) is 9.20. The van der Waals surface area contributed by atoms with Gasteiger partial charge in [-0.15, -0.1) is 0 Å². The van der Waals surface area contributed by atoms with E-state index in [0.29, 0.717) is 26.3 Å². The van der Waals surface area contributed by atoms with E-state index in [1.54, 1.807) is 0 Å². The normalized spacial score (nSPS) is 20.2. The highest BCUT2D eigenvalue weighted by atomic mass is 16.5. The fraction of sp³-hybridized carbons (Fsp3) is 0.538. The van der Waals surface area contributed by atoms with Gasteiger partial charge in [-0.1, -0.05) is 6.07 Å². The molecule has 1 aliphatic heterocycles. The molecule has 1 fully saturated rings. The van der Waals surface area contributed by atoms with Crippen LogP contribution in [0.15, 0.2) is 18.2 Å². The van der Waals surface area contributed by atoms with Crippen LogP contribution in [-0.4, -0.2) is 48.1 Å². The second-order valence-corrected chi connectivity index (χ2v) is 4.51. The number of anilines is 1. The minimum absolute atomic E-state index is 0.345. The summed E-state index contributed by atoms with van der Waals surface area (Å²) in [7, 11) is 0. The zero-order valence-electron chi connectivity index (χ0n) is 11.1. The number of pyridine rings is 1. The van der Waals surface area contributed by atoms with E-state index in [4.69, 9.17) is 10.5 Å². The van der Waals surface area contributed by atoms with Gasteiger partial charge in [-0.3, -0.25) is 9.69 Å². The SMILES string of the molecule is CCNc1cccc(CN2CCOCC2C(N)=O)n1. The standard InChI is InChI=1S/C13H20N4O2/c1-2-15-12-5-3-4-10(16-12)8-17-6-7-19-9-11(17)13(14)18/h3-5,11H,2,6-9H2,1H3,(H2,14,18)(H,15,16). The van der Waals surface area contributed by atoms with Gasteiger partial charge >= 0.3 is 0 Å². The summed E-state index contributed by atoms with van der Waals surface area (Å²) in [5.74, 6) is 0.506. The number of nitrogens with one attached hydrogen (secondary N) is 1. The van der Waals surface area contributed by atoms with Gasteiger partial charge < -0.3 is 15.8 Å². The average Bonchev–Trinajstić information content (AvgIpc) is 2.40. The zero-order valence-corrected chi connectivity index (χ0v) is 11.1. The number of ether oxygens (including phenoxy) is 1. The molecule has 1 unspecified atom stereocenters. The van der Waals surface area contributed by atoms with Crippen molar-refractivity contribution in [3.63, 3.8) is 0 Å². The first-order valence-corrected chi connectivity index (χ1v) is 6.51. The molecule has 2 heterocycles. The van der Waals surface area contributed by atoms with Gasteiger partial charge in [0.2, 0.25) is 5.91 Å². The van der Waals surface area contributed by atoms with Gasteiger partial charge in [-0.25, -0.2) is 4.98 Å². The summed E-state index contributed by atoms with van der Waals surface area (Å²) in [5, 5.41) is 3.17. The molecule has 2 rings (SSSR count).